The van der Waals surface area contributed by atoms with Crippen molar-refractivity contribution in [2.75, 3.05) is 19.6 Å². The predicted molar refractivity (Wildman–Crippen MR) is 60.5 cm³/mol. The van der Waals surface area contributed by atoms with Gasteiger partial charge >= 0.3 is 0 Å². The van der Waals surface area contributed by atoms with Gasteiger partial charge in [-0.3, -0.25) is 4.90 Å². The minimum Gasteiger partial charge on any atom is -0.314 e. The van der Waals surface area contributed by atoms with Gasteiger partial charge in [0, 0.05) is 31.2 Å². The van der Waals surface area contributed by atoms with E-state index in [1.54, 1.807) is 0 Å². The van der Waals surface area contributed by atoms with Crippen LogP contribution < -0.4 is 5.32 Å². The van der Waals surface area contributed by atoms with Gasteiger partial charge in [-0.15, -0.1) is 0 Å². The van der Waals surface area contributed by atoms with Crippen LogP contribution in [0.3, 0.4) is 0 Å². The summed E-state index contributed by atoms with van der Waals surface area (Å²) in [6.07, 6.45) is 4.39. The summed E-state index contributed by atoms with van der Waals surface area (Å²) in [5.41, 5.74) is 0.354. The lowest BCUT2D eigenvalue weighted by Gasteiger charge is -2.46. The van der Waals surface area contributed by atoms with Gasteiger partial charge < -0.3 is 5.32 Å². The van der Waals surface area contributed by atoms with Gasteiger partial charge in [-0.05, 0) is 33.1 Å². The van der Waals surface area contributed by atoms with Gasteiger partial charge in [0.2, 0.25) is 0 Å². The third-order valence-electron chi connectivity index (χ3n) is 3.77. The Balaban J connectivity index is 1.91. The van der Waals surface area contributed by atoms with Crippen LogP contribution >= 0.6 is 0 Å². The Bertz CT molecular complexity index is 196. The molecule has 0 spiro atoms. The molecular weight excluding hydrogens is 172 g/mol. The minimum atomic E-state index is 0.354. The van der Waals surface area contributed by atoms with E-state index in [2.05, 4.69) is 31.0 Å². The van der Waals surface area contributed by atoms with E-state index < -0.39 is 0 Å². The third kappa shape index (κ3) is 2.29. The molecule has 1 unspecified atom stereocenters. The molecule has 1 N–H and O–H groups in total. The fraction of sp³-hybridized carbons (Fsp3) is 1.00. The van der Waals surface area contributed by atoms with Gasteiger partial charge in [0.05, 0.1) is 0 Å². The Kier molecular flexibility index (Phi) is 2.85. The Labute approximate surface area is 88.1 Å². The molecule has 1 heterocycles. The highest BCUT2D eigenvalue weighted by Crippen LogP contribution is 2.36. The summed E-state index contributed by atoms with van der Waals surface area (Å²) in [7, 11) is 0. The molecule has 0 radical (unpaired) electrons. The minimum absolute atomic E-state index is 0.354. The van der Waals surface area contributed by atoms with Crippen LogP contribution in [0.2, 0.25) is 0 Å². The van der Waals surface area contributed by atoms with E-state index in [-0.39, 0.29) is 0 Å². The summed E-state index contributed by atoms with van der Waals surface area (Å²) < 4.78 is 0. The van der Waals surface area contributed by atoms with Gasteiger partial charge in [0.25, 0.3) is 0 Å². The van der Waals surface area contributed by atoms with Crippen LogP contribution in [-0.2, 0) is 0 Å². The Morgan fingerprint density at radius 2 is 2.14 bits per heavy atom. The fourth-order valence-electron chi connectivity index (χ4n) is 2.78. The molecular formula is C12H24N2. The molecule has 2 fully saturated rings. The largest absolute Gasteiger partial charge is 0.314 e. The Morgan fingerprint density at radius 1 is 1.43 bits per heavy atom. The standard InChI is InChI=1S/C12H24N2/c1-10(8-11-4-5-11)14-7-6-13-9-12(14,2)3/h10-11,13H,4-9H2,1-3H3. The number of hydrogen-bond acceptors (Lipinski definition) is 2. The van der Waals surface area contributed by atoms with Crippen molar-refractivity contribution >= 4 is 0 Å². The normalized spacial score (nSPS) is 30.2. The molecule has 2 rings (SSSR count). The topological polar surface area (TPSA) is 15.3 Å². The van der Waals surface area contributed by atoms with Crippen LogP contribution in [0.4, 0.5) is 0 Å². The number of nitrogens with zero attached hydrogens (tertiary/aromatic N) is 1. The maximum atomic E-state index is 3.49. The molecule has 0 aromatic carbocycles. The molecule has 1 atom stereocenters. The maximum Gasteiger partial charge on any atom is 0.0281 e. The number of nitrogens with one attached hydrogen (secondary N) is 1. The van der Waals surface area contributed by atoms with Crippen LogP contribution in [-0.4, -0.2) is 36.1 Å². The summed E-state index contributed by atoms with van der Waals surface area (Å²) >= 11 is 0. The average Bonchev–Trinajstić information content (AvgIpc) is 2.87. The highest BCUT2D eigenvalue weighted by molar-refractivity contribution is 4.92. The molecule has 0 bridgehead atoms. The molecule has 2 heteroatoms. The number of rotatable bonds is 3. The van der Waals surface area contributed by atoms with E-state index in [4.69, 9.17) is 0 Å². The first-order valence-corrected chi connectivity index (χ1v) is 6.07. The summed E-state index contributed by atoms with van der Waals surface area (Å²) in [5.74, 6) is 1.05. The number of piperazine rings is 1. The zero-order chi connectivity index (χ0) is 10.2. The van der Waals surface area contributed by atoms with Crippen molar-refractivity contribution in [1.29, 1.82) is 0 Å². The molecule has 1 aliphatic heterocycles. The highest BCUT2D eigenvalue weighted by Gasteiger charge is 2.35. The van der Waals surface area contributed by atoms with E-state index in [0.29, 0.717) is 5.54 Å². The fourth-order valence-corrected chi connectivity index (χ4v) is 2.78. The molecule has 1 aliphatic carbocycles. The monoisotopic (exact) mass is 196 g/mol. The van der Waals surface area contributed by atoms with Crippen molar-refractivity contribution in [2.24, 2.45) is 5.92 Å². The van der Waals surface area contributed by atoms with Crippen molar-refractivity contribution in [3.8, 4) is 0 Å². The molecule has 0 aromatic rings. The maximum absolute atomic E-state index is 3.49. The van der Waals surface area contributed by atoms with Crippen molar-refractivity contribution in [3.05, 3.63) is 0 Å². The van der Waals surface area contributed by atoms with E-state index >= 15 is 0 Å². The summed E-state index contributed by atoms with van der Waals surface area (Å²) in [4.78, 5) is 2.70. The van der Waals surface area contributed by atoms with E-state index in [1.807, 2.05) is 0 Å². The predicted octanol–water partition coefficient (Wildman–Crippen LogP) is 1.86. The van der Waals surface area contributed by atoms with Gasteiger partial charge in [0.15, 0.2) is 0 Å². The summed E-state index contributed by atoms with van der Waals surface area (Å²) in [5, 5.41) is 3.49. The first-order valence-electron chi connectivity index (χ1n) is 6.07. The quantitative estimate of drug-likeness (QED) is 0.741. The first-order chi connectivity index (χ1) is 6.59. The van der Waals surface area contributed by atoms with Gasteiger partial charge in [-0.2, -0.15) is 0 Å². The highest BCUT2D eigenvalue weighted by atomic mass is 15.3. The zero-order valence-electron chi connectivity index (χ0n) is 9.84. The van der Waals surface area contributed by atoms with E-state index in [1.165, 1.54) is 32.4 Å². The van der Waals surface area contributed by atoms with Gasteiger partial charge in [0.1, 0.15) is 0 Å². The molecule has 2 nitrogen and oxygen atoms in total. The van der Waals surface area contributed by atoms with Gasteiger partial charge in [-0.1, -0.05) is 12.8 Å². The lowest BCUT2D eigenvalue weighted by atomic mass is 9.96. The second kappa shape index (κ2) is 3.82. The lowest BCUT2D eigenvalue weighted by Crippen LogP contribution is -2.60. The van der Waals surface area contributed by atoms with Crippen molar-refractivity contribution in [1.82, 2.24) is 10.2 Å². The van der Waals surface area contributed by atoms with Crippen LogP contribution in [0.15, 0.2) is 0 Å². The molecule has 14 heavy (non-hydrogen) atoms. The summed E-state index contributed by atoms with van der Waals surface area (Å²) in [6, 6.07) is 0.777. The zero-order valence-corrected chi connectivity index (χ0v) is 9.84. The Hall–Kier alpha value is -0.0800. The second-order valence-corrected chi connectivity index (χ2v) is 5.71. The van der Waals surface area contributed by atoms with Crippen molar-refractivity contribution < 1.29 is 0 Å². The van der Waals surface area contributed by atoms with E-state index in [0.717, 1.165) is 18.5 Å². The summed E-state index contributed by atoms with van der Waals surface area (Å²) in [6.45, 7) is 10.7. The van der Waals surface area contributed by atoms with Crippen molar-refractivity contribution in [3.63, 3.8) is 0 Å². The van der Waals surface area contributed by atoms with Crippen LogP contribution in [0.1, 0.15) is 40.0 Å². The molecule has 1 saturated heterocycles. The molecule has 0 aromatic heterocycles. The van der Waals surface area contributed by atoms with Gasteiger partial charge in [-0.25, -0.2) is 0 Å². The van der Waals surface area contributed by atoms with Crippen LogP contribution in [0.25, 0.3) is 0 Å². The Morgan fingerprint density at radius 3 is 2.71 bits per heavy atom. The van der Waals surface area contributed by atoms with Crippen LogP contribution in [0.5, 0.6) is 0 Å². The van der Waals surface area contributed by atoms with Crippen LogP contribution in [0, 0.1) is 5.92 Å². The molecule has 82 valence electrons. The van der Waals surface area contributed by atoms with E-state index in [9.17, 15) is 0 Å². The SMILES string of the molecule is CC(CC1CC1)N1CCNCC1(C)C. The second-order valence-electron chi connectivity index (χ2n) is 5.71. The number of hydrogen-bond donors (Lipinski definition) is 1. The molecule has 2 aliphatic rings. The average molecular weight is 196 g/mol. The lowest BCUT2D eigenvalue weighted by molar-refractivity contribution is 0.0464. The first kappa shape index (κ1) is 10.4. The third-order valence-corrected chi connectivity index (χ3v) is 3.77. The molecule has 0 amide bonds. The van der Waals surface area contributed by atoms with Crippen molar-refractivity contribution in [2.45, 2.75) is 51.6 Å². The molecule has 1 saturated carbocycles. The smallest absolute Gasteiger partial charge is 0.0281 e.